The molecule has 0 saturated heterocycles. The molecule has 2 aromatic carbocycles. The fourth-order valence-electron chi connectivity index (χ4n) is 3.69. The summed E-state index contributed by atoms with van der Waals surface area (Å²) in [5, 5.41) is 19.9. The number of aromatic hydroxyl groups is 1. The minimum absolute atomic E-state index is 0.0930. The molecular formula is C26H31NO3. The molecule has 2 N–H and O–H groups in total. The van der Waals surface area contributed by atoms with E-state index in [1.54, 1.807) is 12.1 Å². The normalized spacial score (nSPS) is 15.3. The molecule has 1 fully saturated rings. The number of hydrogen-bond acceptors (Lipinski definition) is 4. The van der Waals surface area contributed by atoms with E-state index < -0.39 is 5.60 Å². The van der Waals surface area contributed by atoms with Crippen LogP contribution in [0.4, 0.5) is 0 Å². The largest absolute Gasteiger partial charge is 0.510 e. The second-order valence-electron chi connectivity index (χ2n) is 8.10. The van der Waals surface area contributed by atoms with Crippen LogP contribution >= 0.6 is 0 Å². The molecule has 0 radical (unpaired) electrons. The molecule has 3 rings (SSSR count). The van der Waals surface area contributed by atoms with Crippen molar-refractivity contribution in [2.24, 2.45) is 0 Å². The maximum atomic E-state index is 9.99. The first-order chi connectivity index (χ1) is 14.3. The van der Waals surface area contributed by atoms with E-state index in [4.69, 9.17) is 4.74 Å². The maximum absolute atomic E-state index is 9.99. The zero-order valence-corrected chi connectivity index (χ0v) is 17.9. The van der Waals surface area contributed by atoms with Gasteiger partial charge in [-0.05, 0) is 61.1 Å². The lowest BCUT2D eigenvalue weighted by atomic mass is 9.79. The number of aryl methyl sites for hydroxylation is 1. The van der Waals surface area contributed by atoms with E-state index >= 15 is 0 Å². The highest BCUT2D eigenvalue weighted by atomic mass is 16.5. The highest BCUT2D eigenvalue weighted by molar-refractivity contribution is 5.67. The van der Waals surface area contributed by atoms with Crippen molar-refractivity contribution in [2.45, 2.75) is 38.3 Å². The molecule has 0 amide bonds. The summed E-state index contributed by atoms with van der Waals surface area (Å²) < 4.78 is 6.00. The van der Waals surface area contributed by atoms with Crippen molar-refractivity contribution >= 4 is 5.70 Å². The van der Waals surface area contributed by atoms with E-state index in [-0.39, 0.29) is 11.5 Å². The Morgan fingerprint density at radius 1 is 1.17 bits per heavy atom. The predicted octanol–water partition coefficient (Wildman–Crippen LogP) is 5.74. The van der Waals surface area contributed by atoms with Gasteiger partial charge in [0.1, 0.15) is 17.1 Å². The molecular weight excluding hydrogens is 374 g/mol. The van der Waals surface area contributed by atoms with Crippen molar-refractivity contribution in [1.29, 1.82) is 0 Å². The number of aliphatic hydroxyl groups is 1. The molecule has 0 atom stereocenters. The van der Waals surface area contributed by atoms with E-state index in [0.29, 0.717) is 6.61 Å². The van der Waals surface area contributed by atoms with Crippen LogP contribution in [0.5, 0.6) is 5.75 Å². The Morgan fingerprint density at radius 3 is 2.50 bits per heavy atom. The first-order valence-corrected chi connectivity index (χ1v) is 10.3. The average molecular weight is 406 g/mol. The summed E-state index contributed by atoms with van der Waals surface area (Å²) in [6.07, 6.45) is 4.58. The van der Waals surface area contributed by atoms with Gasteiger partial charge in [0.2, 0.25) is 0 Å². The van der Waals surface area contributed by atoms with E-state index in [0.717, 1.165) is 42.6 Å². The Labute approximate surface area is 179 Å². The number of phenols is 1. The smallest absolute Gasteiger partial charge is 0.124 e. The molecule has 0 unspecified atom stereocenters. The quantitative estimate of drug-likeness (QED) is 0.413. The van der Waals surface area contributed by atoms with Crippen LogP contribution in [-0.4, -0.2) is 34.4 Å². The molecule has 0 heterocycles. The molecule has 4 nitrogen and oxygen atoms in total. The number of hydrogen-bond donors (Lipinski definition) is 2. The fraction of sp³-hybridized carbons (Fsp3) is 0.308. The Morgan fingerprint density at radius 2 is 1.90 bits per heavy atom. The molecule has 1 aliphatic rings. The molecule has 158 valence electrons. The summed E-state index contributed by atoms with van der Waals surface area (Å²) in [5.41, 5.74) is 4.46. The summed E-state index contributed by atoms with van der Waals surface area (Å²) in [4.78, 5) is 2.15. The Kier molecular flexibility index (Phi) is 6.68. The molecule has 30 heavy (non-hydrogen) atoms. The summed E-state index contributed by atoms with van der Waals surface area (Å²) in [7, 11) is 2.03. The lowest BCUT2D eigenvalue weighted by Gasteiger charge is -2.40. The molecule has 0 aliphatic heterocycles. The molecule has 0 aromatic heterocycles. The minimum atomic E-state index is -0.630. The van der Waals surface area contributed by atoms with Crippen LogP contribution < -0.4 is 0 Å². The van der Waals surface area contributed by atoms with Gasteiger partial charge >= 0.3 is 0 Å². The van der Waals surface area contributed by atoms with Gasteiger partial charge in [-0.3, -0.25) is 0 Å². The SMILES string of the molecule is C=C(/C=C(/c1cccc(O)c1)N(C)Cc1ccccc1C)COC1(C(=C)O)CCC1. The van der Waals surface area contributed by atoms with Gasteiger partial charge < -0.3 is 19.8 Å². The van der Waals surface area contributed by atoms with Gasteiger partial charge in [0, 0.05) is 24.9 Å². The minimum Gasteiger partial charge on any atom is -0.510 e. The zero-order valence-electron chi connectivity index (χ0n) is 17.9. The number of rotatable bonds is 9. The summed E-state index contributed by atoms with van der Waals surface area (Å²) in [6, 6.07) is 15.5. The van der Waals surface area contributed by atoms with Crippen LogP contribution in [0.2, 0.25) is 0 Å². The first-order valence-electron chi connectivity index (χ1n) is 10.3. The number of phenolic OH excluding ortho intramolecular Hbond substituents is 1. The van der Waals surface area contributed by atoms with Crippen molar-refractivity contribution in [1.82, 2.24) is 4.90 Å². The standard InChI is InChI=1S/C26H31NO3/c1-19(18-30-26(21(3)28)13-8-14-26)15-25(22-11-7-12-24(29)16-22)27(4)17-23-10-6-5-9-20(23)2/h5-7,9-12,15-16,28-29H,1,3,8,13-14,17-18H2,2,4H3/b25-15-. The maximum Gasteiger partial charge on any atom is 0.124 e. The third kappa shape index (κ3) is 4.95. The fourth-order valence-corrected chi connectivity index (χ4v) is 3.69. The molecule has 0 bridgehead atoms. The number of aliphatic hydroxyl groups excluding tert-OH is 1. The molecule has 4 heteroatoms. The van der Waals surface area contributed by atoms with Crippen LogP contribution in [-0.2, 0) is 11.3 Å². The number of benzene rings is 2. The van der Waals surface area contributed by atoms with E-state index in [2.05, 4.69) is 37.1 Å². The average Bonchev–Trinajstić information content (AvgIpc) is 2.66. The van der Waals surface area contributed by atoms with Gasteiger partial charge in [0.05, 0.1) is 6.61 Å². The topological polar surface area (TPSA) is 52.9 Å². The molecule has 2 aromatic rings. The predicted molar refractivity (Wildman–Crippen MR) is 122 cm³/mol. The lowest BCUT2D eigenvalue weighted by Crippen LogP contribution is -2.42. The van der Waals surface area contributed by atoms with E-state index in [9.17, 15) is 10.2 Å². The molecule has 1 saturated carbocycles. The Bertz CT molecular complexity index is 956. The van der Waals surface area contributed by atoms with Crippen LogP contribution in [0.1, 0.15) is 36.0 Å². The zero-order chi connectivity index (χ0) is 21.7. The van der Waals surface area contributed by atoms with E-state index in [1.807, 2.05) is 37.4 Å². The van der Waals surface area contributed by atoms with Gasteiger partial charge in [-0.25, -0.2) is 0 Å². The third-order valence-corrected chi connectivity index (χ3v) is 5.78. The van der Waals surface area contributed by atoms with Crippen molar-refractivity contribution in [3.8, 4) is 5.75 Å². The molecule has 1 aliphatic carbocycles. The van der Waals surface area contributed by atoms with Gasteiger partial charge in [-0.15, -0.1) is 0 Å². The highest BCUT2D eigenvalue weighted by Crippen LogP contribution is 2.40. The van der Waals surface area contributed by atoms with Crippen molar-refractivity contribution in [2.75, 3.05) is 13.7 Å². The van der Waals surface area contributed by atoms with Gasteiger partial charge in [0.25, 0.3) is 0 Å². The number of nitrogens with zero attached hydrogens (tertiary/aromatic N) is 1. The summed E-state index contributed by atoms with van der Waals surface area (Å²) in [5.74, 6) is 0.310. The first kappa shape index (κ1) is 21.7. The second kappa shape index (κ2) is 9.23. The molecule has 0 spiro atoms. The van der Waals surface area contributed by atoms with Crippen molar-refractivity contribution < 1.29 is 14.9 Å². The van der Waals surface area contributed by atoms with Crippen molar-refractivity contribution in [3.05, 3.63) is 95.8 Å². The van der Waals surface area contributed by atoms with Crippen LogP contribution in [0.15, 0.2) is 79.1 Å². The highest BCUT2D eigenvalue weighted by Gasteiger charge is 2.41. The Hall–Kier alpha value is -2.98. The van der Waals surface area contributed by atoms with Crippen molar-refractivity contribution in [3.63, 3.8) is 0 Å². The van der Waals surface area contributed by atoms with Gasteiger partial charge in [-0.2, -0.15) is 0 Å². The summed E-state index contributed by atoms with van der Waals surface area (Å²) in [6.45, 7) is 11.0. The van der Waals surface area contributed by atoms with E-state index in [1.165, 1.54) is 11.1 Å². The Balaban J connectivity index is 1.82. The van der Waals surface area contributed by atoms with Crippen LogP contribution in [0.3, 0.4) is 0 Å². The summed E-state index contributed by atoms with van der Waals surface area (Å²) >= 11 is 0. The third-order valence-electron chi connectivity index (χ3n) is 5.78. The van der Waals surface area contributed by atoms with Gasteiger partial charge in [-0.1, -0.05) is 49.6 Å². The lowest BCUT2D eigenvalue weighted by molar-refractivity contribution is -0.0845. The van der Waals surface area contributed by atoms with Crippen LogP contribution in [0.25, 0.3) is 5.70 Å². The number of ether oxygens (including phenoxy) is 1. The monoisotopic (exact) mass is 405 g/mol. The van der Waals surface area contributed by atoms with Crippen LogP contribution in [0, 0.1) is 6.92 Å². The van der Waals surface area contributed by atoms with Gasteiger partial charge in [0.15, 0.2) is 0 Å². The second-order valence-corrected chi connectivity index (χ2v) is 8.10.